The van der Waals surface area contributed by atoms with Crippen molar-refractivity contribution in [3.05, 3.63) is 41.7 Å². The van der Waals surface area contributed by atoms with E-state index in [0.29, 0.717) is 18.1 Å². The van der Waals surface area contributed by atoms with E-state index in [4.69, 9.17) is 16.3 Å². The van der Waals surface area contributed by atoms with Crippen LogP contribution in [-0.2, 0) is 4.79 Å². The van der Waals surface area contributed by atoms with Gasteiger partial charge in [-0.1, -0.05) is 18.5 Å². The highest BCUT2D eigenvalue weighted by Crippen LogP contribution is 2.19. The van der Waals surface area contributed by atoms with Crippen LogP contribution in [0.4, 0.5) is 5.69 Å². The van der Waals surface area contributed by atoms with E-state index in [9.17, 15) is 4.79 Å². The molecule has 2 rings (SSSR count). The van der Waals surface area contributed by atoms with Crippen LogP contribution in [0.5, 0.6) is 5.75 Å². The van der Waals surface area contributed by atoms with Crippen LogP contribution in [0.3, 0.4) is 0 Å². The second kappa shape index (κ2) is 7.13. The zero-order chi connectivity index (χ0) is 15.2. The fourth-order valence-corrected chi connectivity index (χ4v) is 2.15. The molecule has 1 heterocycles. The summed E-state index contributed by atoms with van der Waals surface area (Å²) in [5.74, 6) is 0.655. The first-order valence-electron chi connectivity index (χ1n) is 6.87. The van der Waals surface area contributed by atoms with Gasteiger partial charge in [0.25, 0.3) is 0 Å². The molecule has 0 radical (unpaired) electrons. The molecule has 1 aromatic carbocycles. The fraction of sp³-hybridized carbons (Fsp3) is 0.333. The lowest BCUT2D eigenvalue weighted by atomic mass is 10.2. The van der Waals surface area contributed by atoms with Gasteiger partial charge in [-0.3, -0.25) is 9.48 Å². The Labute approximate surface area is 128 Å². The molecule has 1 N–H and O–H groups in total. The van der Waals surface area contributed by atoms with E-state index in [-0.39, 0.29) is 11.9 Å². The summed E-state index contributed by atoms with van der Waals surface area (Å²) in [6.45, 7) is 4.47. The van der Waals surface area contributed by atoms with Gasteiger partial charge in [-0.05, 0) is 37.6 Å². The Bertz CT molecular complexity index is 595. The third-order valence-corrected chi connectivity index (χ3v) is 3.21. The average Bonchev–Trinajstić information content (AvgIpc) is 2.88. The van der Waals surface area contributed by atoms with Gasteiger partial charge in [-0.15, -0.1) is 0 Å². The number of carbonyl (C=O) groups is 1. The predicted octanol–water partition coefficient (Wildman–Crippen LogP) is 3.53. The lowest BCUT2D eigenvalue weighted by Crippen LogP contribution is -2.25. The largest absolute Gasteiger partial charge is 0.494 e. The number of nitrogens with one attached hydrogen (secondary N) is 1. The second-order valence-corrected chi connectivity index (χ2v) is 4.95. The van der Waals surface area contributed by atoms with Crippen molar-refractivity contribution >= 4 is 23.2 Å². The zero-order valence-corrected chi connectivity index (χ0v) is 12.8. The van der Waals surface area contributed by atoms with E-state index in [1.54, 1.807) is 10.9 Å². The number of halogens is 1. The number of benzene rings is 1. The molecular weight excluding hydrogens is 290 g/mol. The maximum atomic E-state index is 12.3. The molecule has 1 amide bonds. The Hall–Kier alpha value is -2.01. The Kier molecular flexibility index (Phi) is 5.22. The number of carbonyl (C=O) groups excluding carboxylic acids is 1. The lowest BCUT2D eigenvalue weighted by molar-refractivity contribution is -0.119. The molecule has 0 spiro atoms. The topological polar surface area (TPSA) is 56.1 Å². The van der Waals surface area contributed by atoms with Crippen molar-refractivity contribution in [3.8, 4) is 5.75 Å². The SMILES string of the molecule is CCOc1ccc(NC(=O)C(CC)n2cc(Cl)cn2)cc1. The van der Waals surface area contributed by atoms with E-state index in [0.717, 1.165) is 11.4 Å². The second-order valence-electron chi connectivity index (χ2n) is 4.51. The first-order chi connectivity index (χ1) is 10.1. The Morgan fingerprint density at radius 1 is 1.38 bits per heavy atom. The van der Waals surface area contributed by atoms with Gasteiger partial charge in [0, 0.05) is 11.9 Å². The molecule has 1 aromatic heterocycles. The number of anilines is 1. The van der Waals surface area contributed by atoms with E-state index in [1.807, 2.05) is 38.1 Å². The highest BCUT2D eigenvalue weighted by molar-refractivity contribution is 6.30. The predicted molar refractivity (Wildman–Crippen MR) is 82.8 cm³/mol. The quantitative estimate of drug-likeness (QED) is 0.888. The summed E-state index contributed by atoms with van der Waals surface area (Å²) >= 11 is 5.84. The standard InChI is InChI=1S/C15H18ClN3O2/c1-3-14(19-10-11(16)9-17-19)15(20)18-12-5-7-13(8-6-12)21-4-2/h5-10,14H,3-4H2,1-2H3,(H,18,20). The minimum atomic E-state index is -0.385. The molecule has 1 unspecified atom stereocenters. The molecule has 0 saturated carbocycles. The van der Waals surface area contributed by atoms with Crippen molar-refractivity contribution in [1.29, 1.82) is 0 Å². The van der Waals surface area contributed by atoms with Crippen LogP contribution in [0.2, 0.25) is 5.02 Å². The van der Waals surface area contributed by atoms with Gasteiger partial charge in [0.2, 0.25) is 5.91 Å². The molecule has 21 heavy (non-hydrogen) atoms. The van der Waals surface area contributed by atoms with Crippen molar-refractivity contribution in [2.24, 2.45) is 0 Å². The van der Waals surface area contributed by atoms with E-state index < -0.39 is 0 Å². The highest BCUT2D eigenvalue weighted by atomic mass is 35.5. The fourth-order valence-electron chi connectivity index (χ4n) is 2.00. The van der Waals surface area contributed by atoms with Gasteiger partial charge in [0.15, 0.2) is 0 Å². The normalized spacial score (nSPS) is 12.0. The summed E-state index contributed by atoms with van der Waals surface area (Å²) in [5.41, 5.74) is 0.722. The van der Waals surface area contributed by atoms with Gasteiger partial charge in [0.1, 0.15) is 11.8 Å². The smallest absolute Gasteiger partial charge is 0.249 e. The van der Waals surface area contributed by atoms with Gasteiger partial charge >= 0.3 is 0 Å². The molecule has 1 atom stereocenters. The highest BCUT2D eigenvalue weighted by Gasteiger charge is 2.19. The Morgan fingerprint density at radius 2 is 2.10 bits per heavy atom. The van der Waals surface area contributed by atoms with Crippen molar-refractivity contribution < 1.29 is 9.53 Å². The van der Waals surface area contributed by atoms with Crippen LogP contribution in [0.1, 0.15) is 26.3 Å². The van der Waals surface area contributed by atoms with Gasteiger partial charge in [-0.25, -0.2) is 0 Å². The third kappa shape index (κ3) is 3.98. The van der Waals surface area contributed by atoms with Crippen LogP contribution in [-0.4, -0.2) is 22.3 Å². The average molecular weight is 308 g/mol. The molecule has 0 fully saturated rings. The number of aromatic nitrogens is 2. The van der Waals surface area contributed by atoms with Gasteiger partial charge in [-0.2, -0.15) is 5.10 Å². The summed E-state index contributed by atoms with van der Waals surface area (Å²) in [5, 5.41) is 7.48. The number of hydrogen-bond acceptors (Lipinski definition) is 3. The van der Waals surface area contributed by atoms with Crippen LogP contribution in [0.25, 0.3) is 0 Å². The number of hydrogen-bond donors (Lipinski definition) is 1. The number of ether oxygens (including phenoxy) is 1. The molecule has 0 saturated heterocycles. The summed E-state index contributed by atoms with van der Waals surface area (Å²) in [6, 6.07) is 6.89. The minimum absolute atomic E-state index is 0.124. The zero-order valence-electron chi connectivity index (χ0n) is 12.0. The molecular formula is C15H18ClN3O2. The van der Waals surface area contributed by atoms with Crippen LogP contribution < -0.4 is 10.1 Å². The Morgan fingerprint density at radius 3 is 2.62 bits per heavy atom. The first kappa shape index (κ1) is 15.4. The minimum Gasteiger partial charge on any atom is -0.494 e. The van der Waals surface area contributed by atoms with Crippen molar-refractivity contribution in [2.75, 3.05) is 11.9 Å². The maximum absolute atomic E-state index is 12.3. The number of nitrogens with zero attached hydrogens (tertiary/aromatic N) is 2. The molecule has 0 aliphatic heterocycles. The summed E-state index contributed by atoms with van der Waals surface area (Å²) in [4.78, 5) is 12.3. The van der Waals surface area contributed by atoms with Crippen LogP contribution >= 0.6 is 11.6 Å². The van der Waals surface area contributed by atoms with Crippen LogP contribution in [0.15, 0.2) is 36.7 Å². The van der Waals surface area contributed by atoms with E-state index in [1.165, 1.54) is 6.20 Å². The molecule has 6 heteroatoms. The van der Waals surface area contributed by atoms with Gasteiger partial charge in [0.05, 0.1) is 17.8 Å². The molecule has 0 bridgehead atoms. The number of rotatable bonds is 6. The monoisotopic (exact) mass is 307 g/mol. The third-order valence-electron chi connectivity index (χ3n) is 3.01. The number of amides is 1. The molecule has 0 aliphatic carbocycles. The Balaban J connectivity index is 2.05. The maximum Gasteiger partial charge on any atom is 0.249 e. The molecule has 5 nitrogen and oxygen atoms in total. The van der Waals surface area contributed by atoms with E-state index in [2.05, 4.69) is 10.4 Å². The molecule has 0 aliphatic rings. The van der Waals surface area contributed by atoms with Crippen molar-refractivity contribution in [3.63, 3.8) is 0 Å². The molecule has 2 aromatic rings. The van der Waals surface area contributed by atoms with Crippen molar-refractivity contribution in [1.82, 2.24) is 9.78 Å². The lowest BCUT2D eigenvalue weighted by Gasteiger charge is -2.15. The summed E-state index contributed by atoms with van der Waals surface area (Å²) in [7, 11) is 0. The van der Waals surface area contributed by atoms with Crippen LogP contribution in [0, 0.1) is 0 Å². The van der Waals surface area contributed by atoms with Crippen molar-refractivity contribution in [2.45, 2.75) is 26.3 Å². The summed E-state index contributed by atoms with van der Waals surface area (Å²) in [6.07, 6.45) is 3.79. The summed E-state index contributed by atoms with van der Waals surface area (Å²) < 4.78 is 6.94. The van der Waals surface area contributed by atoms with E-state index >= 15 is 0 Å². The molecule has 112 valence electrons. The van der Waals surface area contributed by atoms with Gasteiger partial charge < -0.3 is 10.1 Å². The first-order valence-corrected chi connectivity index (χ1v) is 7.25.